The van der Waals surface area contributed by atoms with Gasteiger partial charge in [-0.15, -0.1) is 0 Å². The lowest BCUT2D eigenvalue weighted by Crippen LogP contribution is -2.40. The maximum Gasteiger partial charge on any atom is 0.312 e. The first-order valence-corrected chi connectivity index (χ1v) is 6.82. The minimum absolute atomic E-state index is 0.0768. The second kappa shape index (κ2) is 4.86. The summed E-state index contributed by atoms with van der Waals surface area (Å²) in [5.41, 5.74) is -0.635. The number of hydrogen-bond donors (Lipinski definition) is 0. The lowest BCUT2D eigenvalue weighted by Gasteiger charge is -2.43. The van der Waals surface area contributed by atoms with Gasteiger partial charge in [0.2, 0.25) is 0 Å². The molecule has 0 aliphatic rings. The third-order valence-electron chi connectivity index (χ3n) is 3.87. The first-order chi connectivity index (χ1) is 7.58. The highest BCUT2D eigenvalue weighted by Gasteiger charge is 2.42. The second-order valence-corrected chi connectivity index (χ2v) is 8.70. The molecule has 2 heteroatoms. The molecule has 0 bridgehead atoms. The van der Waals surface area contributed by atoms with Gasteiger partial charge in [-0.1, -0.05) is 34.6 Å². The van der Waals surface area contributed by atoms with E-state index in [1.165, 1.54) is 0 Å². The van der Waals surface area contributed by atoms with Gasteiger partial charge >= 0.3 is 5.97 Å². The normalized spacial score (nSPS) is 14.6. The molecule has 0 saturated carbocycles. The molecular formula is C16H32O2. The summed E-state index contributed by atoms with van der Waals surface area (Å²) in [5, 5.41) is 0. The summed E-state index contributed by atoms with van der Waals surface area (Å²) in [5.74, 6) is -0.104. The fourth-order valence-corrected chi connectivity index (χ4v) is 1.86. The highest BCUT2D eigenvalue weighted by Crippen LogP contribution is 2.46. The van der Waals surface area contributed by atoms with E-state index in [9.17, 15) is 4.79 Å². The van der Waals surface area contributed by atoms with E-state index in [0.717, 1.165) is 6.42 Å². The van der Waals surface area contributed by atoms with Gasteiger partial charge in [-0.3, -0.25) is 4.79 Å². The van der Waals surface area contributed by atoms with Gasteiger partial charge in [0.05, 0.1) is 5.41 Å². The van der Waals surface area contributed by atoms with Crippen LogP contribution in [0.5, 0.6) is 0 Å². The van der Waals surface area contributed by atoms with Crippen molar-refractivity contribution in [2.24, 2.45) is 16.2 Å². The molecule has 0 aromatic heterocycles. The molecule has 0 atom stereocenters. The molecule has 0 amide bonds. The van der Waals surface area contributed by atoms with Crippen LogP contribution in [0.15, 0.2) is 0 Å². The smallest absolute Gasteiger partial charge is 0.312 e. The first-order valence-electron chi connectivity index (χ1n) is 6.82. The predicted molar refractivity (Wildman–Crippen MR) is 77.5 cm³/mol. The number of carbonyl (C=O) groups is 1. The molecule has 0 aliphatic carbocycles. The summed E-state index contributed by atoms with van der Waals surface area (Å²) >= 11 is 0. The molecule has 0 spiro atoms. The van der Waals surface area contributed by atoms with Gasteiger partial charge in [0.15, 0.2) is 0 Å². The van der Waals surface area contributed by atoms with E-state index in [2.05, 4.69) is 34.6 Å². The van der Waals surface area contributed by atoms with Gasteiger partial charge in [0, 0.05) is 0 Å². The lowest BCUT2D eigenvalue weighted by atomic mass is 9.62. The van der Waals surface area contributed by atoms with Crippen LogP contribution in [0.2, 0.25) is 0 Å². The predicted octanol–water partition coefficient (Wildman–Crippen LogP) is 4.82. The van der Waals surface area contributed by atoms with Crippen LogP contribution in [0.3, 0.4) is 0 Å². The minimum atomic E-state index is -0.454. The van der Waals surface area contributed by atoms with Crippen LogP contribution >= 0.6 is 0 Å². The lowest BCUT2D eigenvalue weighted by molar-refractivity contribution is -0.168. The summed E-state index contributed by atoms with van der Waals surface area (Å²) in [6.45, 7) is 20.8. The number of esters is 1. The van der Waals surface area contributed by atoms with Crippen LogP contribution < -0.4 is 0 Å². The van der Waals surface area contributed by atoms with E-state index in [-0.39, 0.29) is 16.8 Å². The Kier molecular flexibility index (Phi) is 4.72. The summed E-state index contributed by atoms with van der Waals surface area (Å²) in [6, 6.07) is 0. The van der Waals surface area contributed by atoms with Crippen molar-refractivity contribution in [2.75, 3.05) is 0 Å². The van der Waals surface area contributed by atoms with Crippen molar-refractivity contribution in [2.45, 2.75) is 81.3 Å². The molecular weight excluding hydrogens is 224 g/mol. The largest absolute Gasteiger partial charge is 0.460 e. The van der Waals surface area contributed by atoms with Crippen LogP contribution in [0.1, 0.15) is 75.7 Å². The highest BCUT2D eigenvalue weighted by atomic mass is 16.6. The quantitative estimate of drug-likeness (QED) is 0.677. The molecule has 0 aliphatic heterocycles. The number of ether oxygens (including phenoxy) is 1. The molecule has 0 aromatic rings. The molecule has 0 radical (unpaired) electrons. The number of carbonyl (C=O) groups excluding carboxylic acids is 1. The molecule has 0 saturated heterocycles. The molecule has 0 heterocycles. The van der Waals surface area contributed by atoms with E-state index in [0.29, 0.717) is 0 Å². The average molecular weight is 256 g/mol. The summed E-state index contributed by atoms with van der Waals surface area (Å²) in [7, 11) is 0. The molecule has 0 fully saturated rings. The average Bonchev–Trinajstić information content (AvgIpc) is 1.95. The zero-order valence-electron chi connectivity index (χ0n) is 14.0. The van der Waals surface area contributed by atoms with Crippen molar-refractivity contribution in [3.8, 4) is 0 Å². The molecule has 0 aromatic carbocycles. The Labute approximate surface area is 113 Å². The third-order valence-corrected chi connectivity index (χ3v) is 3.87. The Hall–Kier alpha value is -0.530. The van der Waals surface area contributed by atoms with E-state index in [1.54, 1.807) is 0 Å². The maximum absolute atomic E-state index is 12.3. The summed E-state index contributed by atoms with van der Waals surface area (Å²) in [6.07, 6.45) is 0.818. The van der Waals surface area contributed by atoms with Gasteiger partial charge in [0.25, 0.3) is 0 Å². The van der Waals surface area contributed by atoms with Gasteiger partial charge in [-0.25, -0.2) is 0 Å². The zero-order chi connectivity index (χ0) is 15.0. The van der Waals surface area contributed by atoms with Crippen LogP contribution in [0, 0.1) is 16.2 Å². The van der Waals surface area contributed by atoms with E-state index >= 15 is 0 Å². The van der Waals surface area contributed by atoms with Gasteiger partial charge in [0.1, 0.15) is 5.60 Å². The Morgan fingerprint density at radius 1 is 0.833 bits per heavy atom. The minimum Gasteiger partial charge on any atom is -0.460 e. The van der Waals surface area contributed by atoms with Crippen LogP contribution in [-0.4, -0.2) is 11.6 Å². The Bertz CT molecular complexity index is 298. The monoisotopic (exact) mass is 256 g/mol. The molecule has 0 unspecified atom stereocenters. The third kappa shape index (κ3) is 4.99. The van der Waals surface area contributed by atoms with Crippen molar-refractivity contribution in [1.29, 1.82) is 0 Å². The second-order valence-electron chi connectivity index (χ2n) is 8.70. The van der Waals surface area contributed by atoms with E-state index < -0.39 is 11.0 Å². The summed E-state index contributed by atoms with van der Waals surface area (Å²) in [4.78, 5) is 12.3. The number of rotatable bonds is 3. The molecule has 108 valence electrons. The van der Waals surface area contributed by atoms with Crippen molar-refractivity contribution in [1.82, 2.24) is 0 Å². The topological polar surface area (TPSA) is 26.3 Å². The molecule has 18 heavy (non-hydrogen) atoms. The maximum atomic E-state index is 12.3. The number of hydrogen-bond acceptors (Lipinski definition) is 2. The SMILES string of the molecule is CC(C)(C)OC(=O)C(C)(C)CC(C)(C)C(C)(C)C. The molecule has 0 rings (SSSR count). The fourth-order valence-electron chi connectivity index (χ4n) is 1.86. The van der Waals surface area contributed by atoms with Crippen LogP contribution in [0.25, 0.3) is 0 Å². The summed E-state index contributed by atoms with van der Waals surface area (Å²) < 4.78 is 5.52. The van der Waals surface area contributed by atoms with Crippen LogP contribution in [0.4, 0.5) is 0 Å². The van der Waals surface area contributed by atoms with E-state index in [4.69, 9.17) is 4.74 Å². The van der Waals surface area contributed by atoms with Crippen molar-refractivity contribution in [3.05, 3.63) is 0 Å². The molecule has 0 N–H and O–H groups in total. The highest BCUT2D eigenvalue weighted by molar-refractivity contribution is 5.76. The Balaban J connectivity index is 4.92. The van der Waals surface area contributed by atoms with E-state index in [1.807, 2.05) is 34.6 Å². The Morgan fingerprint density at radius 3 is 1.50 bits per heavy atom. The zero-order valence-corrected chi connectivity index (χ0v) is 14.0. The van der Waals surface area contributed by atoms with Gasteiger partial charge in [-0.2, -0.15) is 0 Å². The van der Waals surface area contributed by atoms with Gasteiger partial charge < -0.3 is 4.74 Å². The molecule has 2 nitrogen and oxygen atoms in total. The van der Waals surface area contributed by atoms with Crippen molar-refractivity contribution < 1.29 is 9.53 Å². The van der Waals surface area contributed by atoms with Crippen molar-refractivity contribution >= 4 is 5.97 Å². The Morgan fingerprint density at radius 2 is 1.22 bits per heavy atom. The van der Waals surface area contributed by atoms with Crippen LogP contribution in [-0.2, 0) is 9.53 Å². The van der Waals surface area contributed by atoms with Gasteiger partial charge in [-0.05, 0) is 51.9 Å². The first kappa shape index (κ1) is 17.5. The fraction of sp³-hybridized carbons (Fsp3) is 0.938. The van der Waals surface area contributed by atoms with Crippen molar-refractivity contribution in [3.63, 3.8) is 0 Å². The standard InChI is InChI=1S/C16H32O2/c1-13(2,3)16(9,10)11-15(7,8)12(17)18-14(4,5)6/h11H2,1-10H3.